The number of carbonyl (C=O) groups excluding carboxylic acids is 1. The predicted octanol–water partition coefficient (Wildman–Crippen LogP) is 3.51. The number of hydrogen-bond acceptors (Lipinski definition) is 4. The summed E-state index contributed by atoms with van der Waals surface area (Å²) in [6.07, 6.45) is -6.83. The predicted molar refractivity (Wildman–Crippen MR) is 97.6 cm³/mol. The van der Waals surface area contributed by atoms with Gasteiger partial charge in [0.25, 0.3) is 5.91 Å². The number of aromatic nitrogens is 4. The zero-order valence-corrected chi connectivity index (χ0v) is 17.2. The van der Waals surface area contributed by atoms with E-state index in [9.17, 15) is 36.2 Å². The average Bonchev–Trinajstić information content (AvgIpc) is 3.27. The number of aliphatic hydroxyl groups is 1. The van der Waals surface area contributed by atoms with Gasteiger partial charge in [-0.1, -0.05) is 0 Å². The number of halogens is 6. The fourth-order valence-electron chi connectivity index (χ4n) is 3.95. The van der Waals surface area contributed by atoms with E-state index in [0.29, 0.717) is 17.3 Å². The van der Waals surface area contributed by atoms with Gasteiger partial charge in [0, 0.05) is 12.5 Å². The number of carbonyl (C=O) groups is 1. The van der Waals surface area contributed by atoms with Crippen molar-refractivity contribution in [3.63, 3.8) is 0 Å². The van der Waals surface area contributed by atoms with Crippen molar-refractivity contribution in [2.75, 3.05) is 6.54 Å². The molecule has 2 atom stereocenters. The van der Waals surface area contributed by atoms with Crippen LogP contribution >= 0.6 is 0 Å². The van der Waals surface area contributed by atoms with E-state index >= 15 is 0 Å². The minimum Gasteiger partial charge on any atom is -0.374 e. The number of nitrogens with zero attached hydrogens (tertiary/aromatic N) is 5. The molecular weight excluding hydrogens is 444 g/mol. The molecule has 3 heterocycles. The second kappa shape index (κ2) is 7.22. The van der Waals surface area contributed by atoms with Gasteiger partial charge in [-0.3, -0.25) is 9.48 Å². The van der Waals surface area contributed by atoms with Gasteiger partial charge >= 0.3 is 12.4 Å². The van der Waals surface area contributed by atoms with Crippen molar-refractivity contribution >= 4 is 5.91 Å². The average molecular weight is 465 g/mol. The molecule has 1 amide bonds. The van der Waals surface area contributed by atoms with E-state index < -0.39 is 42.3 Å². The first kappa shape index (κ1) is 22.6. The lowest BCUT2D eigenvalue weighted by Gasteiger charge is -2.36. The van der Waals surface area contributed by atoms with Gasteiger partial charge in [0.05, 0.1) is 30.2 Å². The van der Waals surface area contributed by atoms with E-state index in [1.807, 2.05) is 0 Å². The van der Waals surface area contributed by atoms with Gasteiger partial charge in [-0.25, -0.2) is 4.98 Å². The zero-order chi connectivity index (χ0) is 23.6. The molecule has 1 saturated carbocycles. The lowest BCUT2D eigenvalue weighted by atomic mass is 10.0. The summed E-state index contributed by atoms with van der Waals surface area (Å²) in [6.45, 7) is 0.491. The highest BCUT2D eigenvalue weighted by atomic mass is 19.4. The van der Waals surface area contributed by atoms with Crippen LogP contribution in [0.15, 0.2) is 12.3 Å². The van der Waals surface area contributed by atoms with Crippen LogP contribution in [0.1, 0.15) is 66.3 Å². The van der Waals surface area contributed by atoms with Crippen LogP contribution in [0.2, 0.25) is 0 Å². The van der Waals surface area contributed by atoms with Crippen LogP contribution < -0.4 is 0 Å². The molecule has 1 N–H and O–H groups in total. The molecule has 2 aliphatic rings. The van der Waals surface area contributed by atoms with Gasteiger partial charge in [-0.15, -0.1) is 0 Å². The van der Waals surface area contributed by atoms with Crippen molar-refractivity contribution in [2.24, 2.45) is 0 Å². The smallest absolute Gasteiger partial charge is 0.374 e. The number of alkyl halides is 6. The maximum atomic E-state index is 13.3. The Bertz CT molecular complexity index is 1030. The van der Waals surface area contributed by atoms with Crippen molar-refractivity contribution < 1.29 is 36.2 Å². The molecule has 13 heteroatoms. The van der Waals surface area contributed by atoms with Crippen LogP contribution in [-0.4, -0.2) is 54.1 Å². The van der Waals surface area contributed by atoms with E-state index in [1.54, 1.807) is 6.92 Å². The van der Waals surface area contributed by atoms with Gasteiger partial charge in [-0.2, -0.15) is 31.4 Å². The second-order valence-corrected chi connectivity index (χ2v) is 8.55. The first-order chi connectivity index (χ1) is 14.7. The number of hydrogen-bond donors (Lipinski definition) is 1. The fourth-order valence-corrected chi connectivity index (χ4v) is 3.95. The molecule has 0 saturated heterocycles. The third kappa shape index (κ3) is 3.97. The van der Waals surface area contributed by atoms with Gasteiger partial charge < -0.3 is 14.6 Å². The Kier molecular flexibility index (Phi) is 5.10. The standard InChI is InChI=1S/C19H21F6N5O2/c1-10-7-28(8-12-6-26-16(30(10)12)17(2,32)19(23,24)25)15(31)14-5-13(11-3-4-11)27-29(14)9-18(20,21)22/h5-6,10-11,32H,3-4,7-9H2,1-2H3/t10-,17?/m0/s1. The van der Waals surface area contributed by atoms with E-state index in [4.69, 9.17) is 0 Å². The van der Waals surface area contributed by atoms with Crippen LogP contribution in [0.3, 0.4) is 0 Å². The van der Waals surface area contributed by atoms with E-state index in [-0.39, 0.29) is 30.4 Å². The summed E-state index contributed by atoms with van der Waals surface area (Å²) in [5.41, 5.74) is -2.75. The molecule has 32 heavy (non-hydrogen) atoms. The third-order valence-electron chi connectivity index (χ3n) is 5.77. The summed E-state index contributed by atoms with van der Waals surface area (Å²) in [5.74, 6) is -1.26. The van der Waals surface area contributed by atoms with Gasteiger partial charge in [0.1, 0.15) is 12.2 Å². The summed E-state index contributed by atoms with van der Waals surface area (Å²) >= 11 is 0. The lowest BCUT2D eigenvalue weighted by molar-refractivity contribution is -0.263. The highest BCUT2D eigenvalue weighted by Crippen LogP contribution is 2.41. The fraction of sp³-hybridized carbons (Fsp3) is 0.632. The highest BCUT2D eigenvalue weighted by Gasteiger charge is 2.55. The maximum absolute atomic E-state index is 13.3. The molecule has 0 aromatic carbocycles. The van der Waals surface area contributed by atoms with E-state index in [2.05, 4.69) is 10.1 Å². The molecule has 2 aromatic rings. The third-order valence-corrected chi connectivity index (χ3v) is 5.77. The topological polar surface area (TPSA) is 76.2 Å². The van der Waals surface area contributed by atoms with Crippen LogP contribution in [0.4, 0.5) is 26.3 Å². The van der Waals surface area contributed by atoms with Crippen LogP contribution in [0, 0.1) is 0 Å². The first-order valence-corrected chi connectivity index (χ1v) is 9.98. The molecule has 1 fully saturated rings. The Morgan fingerprint density at radius 2 is 1.88 bits per heavy atom. The molecule has 1 aliphatic carbocycles. The van der Waals surface area contributed by atoms with Crippen LogP contribution in [0.25, 0.3) is 0 Å². The Hall–Kier alpha value is -2.57. The Balaban J connectivity index is 1.64. The monoisotopic (exact) mass is 465 g/mol. The van der Waals surface area contributed by atoms with E-state index in [1.165, 1.54) is 15.5 Å². The van der Waals surface area contributed by atoms with Crippen LogP contribution in [0.5, 0.6) is 0 Å². The van der Waals surface area contributed by atoms with Crippen molar-refractivity contribution in [1.29, 1.82) is 0 Å². The summed E-state index contributed by atoms with van der Waals surface area (Å²) in [6, 6.07) is 0.665. The largest absolute Gasteiger partial charge is 0.424 e. The molecule has 1 aliphatic heterocycles. The number of amides is 1. The zero-order valence-electron chi connectivity index (χ0n) is 17.2. The van der Waals surface area contributed by atoms with Gasteiger partial charge in [0.2, 0.25) is 5.60 Å². The Labute approximate surface area is 178 Å². The molecule has 4 rings (SSSR count). The number of fused-ring (bicyclic) bond motifs is 1. The number of rotatable bonds is 4. The second-order valence-electron chi connectivity index (χ2n) is 8.55. The van der Waals surface area contributed by atoms with Crippen molar-refractivity contribution in [3.05, 3.63) is 35.2 Å². The highest BCUT2D eigenvalue weighted by molar-refractivity contribution is 5.93. The molecule has 7 nitrogen and oxygen atoms in total. The molecule has 2 aromatic heterocycles. The minimum atomic E-state index is -4.97. The molecule has 0 bridgehead atoms. The minimum absolute atomic E-state index is 0.0323. The molecular formula is C19H21F6N5O2. The van der Waals surface area contributed by atoms with E-state index in [0.717, 1.165) is 19.0 Å². The van der Waals surface area contributed by atoms with Gasteiger partial charge in [0.15, 0.2) is 5.82 Å². The quantitative estimate of drug-likeness (QED) is 0.702. The molecule has 0 spiro atoms. The normalized spacial score (nSPS) is 21.4. The Morgan fingerprint density at radius 3 is 2.44 bits per heavy atom. The van der Waals surface area contributed by atoms with Crippen molar-refractivity contribution in [2.45, 2.75) is 69.7 Å². The SMILES string of the molecule is C[C@H]1CN(C(=O)c2cc(C3CC3)nn2CC(F)(F)F)Cc2cnc(C(C)(O)C(F)(F)F)n21. The lowest BCUT2D eigenvalue weighted by Crippen LogP contribution is -2.46. The summed E-state index contributed by atoms with van der Waals surface area (Å²) in [4.78, 5) is 18.1. The molecule has 0 radical (unpaired) electrons. The van der Waals surface area contributed by atoms with Crippen molar-refractivity contribution in [1.82, 2.24) is 24.2 Å². The molecule has 1 unspecified atom stereocenters. The van der Waals surface area contributed by atoms with Gasteiger partial charge in [-0.05, 0) is 32.8 Å². The van der Waals surface area contributed by atoms with Crippen LogP contribution in [-0.2, 0) is 18.7 Å². The van der Waals surface area contributed by atoms with Crippen molar-refractivity contribution in [3.8, 4) is 0 Å². The number of imidazole rings is 1. The summed E-state index contributed by atoms with van der Waals surface area (Å²) in [5, 5.41) is 14.0. The summed E-state index contributed by atoms with van der Waals surface area (Å²) < 4.78 is 80.8. The molecule has 176 valence electrons. The summed E-state index contributed by atoms with van der Waals surface area (Å²) in [7, 11) is 0. The first-order valence-electron chi connectivity index (χ1n) is 9.98. The Morgan fingerprint density at radius 1 is 1.22 bits per heavy atom. The maximum Gasteiger partial charge on any atom is 0.424 e.